The van der Waals surface area contributed by atoms with Gasteiger partial charge in [-0.25, -0.2) is 0 Å². The van der Waals surface area contributed by atoms with E-state index in [-0.39, 0.29) is 12.3 Å². The minimum Gasteiger partial charge on any atom is -0.493 e. The molecule has 1 heterocycles. The number of nitrogens with zero attached hydrogens (tertiary/aromatic N) is 1. The number of methoxy groups -OCH3 is 2. The summed E-state index contributed by atoms with van der Waals surface area (Å²) >= 11 is 0. The third-order valence-electron chi connectivity index (χ3n) is 3.72. The van der Waals surface area contributed by atoms with Crippen LogP contribution in [0.25, 0.3) is 11.0 Å². The molecule has 0 aliphatic rings. The molecule has 3 aromatic rings. The van der Waals surface area contributed by atoms with Crippen molar-refractivity contribution in [2.45, 2.75) is 13.0 Å². The van der Waals surface area contributed by atoms with E-state index in [4.69, 9.17) is 14.0 Å². The van der Waals surface area contributed by atoms with E-state index in [2.05, 4.69) is 10.5 Å². The molecule has 0 bridgehead atoms. The smallest absolute Gasteiger partial charge is 0.226 e. The third-order valence-corrected chi connectivity index (χ3v) is 3.72. The number of fused-ring (bicyclic) bond motifs is 1. The van der Waals surface area contributed by atoms with Gasteiger partial charge in [0.1, 0.15) is 5.69 Å². The van der Waals surface area contributed by atoms with Gasteiger partial charge in [-0.2, -0.15) is 0 Å². The number of nitrogens with one attached hydrogen (secondary N) is 1. The number of carbonyl (C=O) groups excluding carboxylic acids is 1. The van der Waals surface area contributed by atoms with Crippen molar-refractivity contribution in [2.75, 3.05) is 14.2 Å². The van der Waals surface area contributed by atoms with Crippen LogP contribution in [-0.4, -0.2) is 25.3 Å². The predicted octanol–water partition coefficient (Wildman–Crippen LogP) is 2.70. The van der Waals surface area contributed by atoms with E-state index in [1.165, 1.54) is 0 Å². The molecule has 0 unspecified atom stereocenters. The molecule has 124 valence electrons. The van der Waals surface area contributed by atoms with Gasteiger partial charge in [0.25, 0.3) is 0 Å². The van der Waals surface area contributed by atoms with E-state index in [0.29, 0.717) is 29.3 Å². The van der Waals surface area contributed by atoms with E-state index in [9.17, 15) is 4.79 Å². The second kappa shape index (κ2) is 7.04. The summed E-state index contributed by atoms with van der Waals surface area (Å²) in [5.41, 5.74) is 2.24. The molecule has 1 aromatic heterocycles. The monoisotopic (exact) mass is 326 g/mol. The first-order chi connectivity index (χ1) is 11.7. The largest absolute Gasteiger partial charge is 0.493 e. The SMILES string of the molecule is COc1ccc(CNC(=O)Cc2noc3ccccc23)cc1OC. The molecule has 3 rings (SSSR count). The predicted molar refractivity (Wildman–Crippen MR) is 89.1 cm³/mol. The molecule has 6 nitrogen and oxygen atoms in total. The molecule has 0 aliphatic carbocycles. The number of aromatic nitrogens is 1. The molecule has 1 amide bonds. The van der Waals surface area contributed by atoms with Gasteiger partial charge in [0.05, 0.1) is 20.6 Å². The number of rotatable bonds is 6. The molecule has 0 fully saturated rings. The second-order valence-corrected chi connectivity index (χ2v) is 5.27. The Labute approximate surface area is 139 Å². The van der Waals surface area contributed by atoms with E-state index in [1.807, 2.05) is 42.5 Å². The van der Waals surface area contributed by atoms with Gasteiger partial charge in [-0.1, -0.05) is 23.4 Å². The number of ether oxygens (including phenoxy) is 2. The number of hydrogen-bond acceptors (Lipinski definition) is 5. The summed E-state index contributed by atoms with van der Waals surface area (Å²) in [4.78, 5) is 12.2. The molecular weight excluding hydrogens is 308 g/mol. The minimum absolute atomic E-state index is 0.121. The first-order valence-corrected chi connectivity index (χ1v) is 7.52. The van der Waals surface area contributed by atoms with Crippen LogP contribution in [0.5, 0.6) is 11.5 Å². The van der Waals surface area contributed by atoms with Crippen molar-refractivity contribution >= 4 is 16.9 Å². The zero-order valence-corrected chi connectivity index (χ0v) is 13.5. The Bertz CT molecular complexity index is 857. The zero-order chi connectivity index (χ0) is 16.9. The standard InChI is InChI=1S/C18H18N2O4/c1-22-16-8-7-12(9-17(16)23-2)11-19-18(21)10-14-13-5-3-4-6-15(13)24-20-14/h3-9H,10-11H2,1-2H3,(H,19,21). The quantitative estimate of drug-likeness (QED) is 0.754. The summed E-state index contributed by atoms with van der Waals surface area (Å²) < 4.78 is 15.7. The van der Waals surface area contributed by atoms with Crippen molar-refractivity contribution in [3.05, 3.63) is 53.7 Å². The lowest BCUT2D eigenvalue weighted by Crippen LogP contribution is -2.24. The number of amides is 1. The molecule has 24 heavy (non-hydrogen) atoms. The van der Waals surface area contributed by atoms with E-state index < -0.39 is 0 Å². The second-order valence-electron chi connectivity index (χ2n) is 5.27. The molecule has 0 aliphatic heterocycles. The minimum atomic E-state index is -0.121. The summed E-state index contributed by atoms with van der Waals surface area (Å²) in [7, 11) is 3.16. The Morgan fingerprint density at radius 3 is 2.71 bits per heavy atom. The van der Waals surface area contributed by atoms with E-state index in [1.54, 1.807) is 14.2 Å². The van der Waals surface area contributed by atoms with Crippen molar-refractivity contribution < 1.29 is 18.8 Å². The average Bonchev–Trinajstić information content (AvgIpc) is 3.02. The van der Waals surface area contributed by atoms with Gasteiger partial charge in [-0.3, -0.25) is 4.79 Å². The van der Waals surface area contributed by atoms with Gasteiger partial charge in [-0.05, 0) is 29.8 Å². The highest BCUT2D eigenvalue weighted by Gasteiger charge is 2.12. The van der Waals surface area contributed by atoms with Crippen LogP contribution in [-0.2, 0) is 17.8 Å². The van der Waals surface area contributed by atoms with Gasteiger partial charge in [0.2, 0.25) is 5.91 Å². The number of benzene rings is 2. The normalized spacial score (nSPS) is 10.6. The Kier molecular flexibility index (Phi) is 4.65. The maximum atomic E-state index is 12.2. The van der Waals surface area contributed by atoms with Gasteiger partial charge in [0, 0.05) is 11.9 Å². The maximum Gasteiger partial charge on any atom is 0.226 e. The number of carbonyl (C=O) groups is 1. The molecule has 0 saturated heterocycles. The molecule has 0 saturated carbocycles. The Morgan fingerprint density at radius 1 is 1.12 bits per heavy atom. The van der Waals surface area contributed by atoms with Crippen LogP contribution in [0.2, 0.25) is 0 Å². The van der Waals surface area contributed by atoms with E-state index >= 15 is 0 Å². The van der Waals surface area contributed by atoms with Crippen LogP contribution in [0.3, 0.4) is 0 Å². The Hall–Kier alpha value is -3.02. The van der Waals surface area contributed by atoms with Crippen LogP contribution in [0, 0.1) is 0 Å². The molecule has 0 spiro atoms. The van der Waals surface area contributed by atoms with Gasteiger partial charge in [-0.15, -0.1) is 0 Å². The van der Waals surface area contributed by atoms with E-state index in [0.717, 1.165) is 10.9 Å². The summed E-state index contributed by atoms with van der Waals surface area (Å²) in [6, 6.07) is 13.0. The maximum absolute atomic E-state index is 12.2. The third kappa shape index (κ3) is 3.32. The average molecular weight is 326 g/mol. The van der Waals surface area contributed by atoms with Crippen molar-refractivity contribution in [1.82, 2.24) is 10.5 Å². The number of para-hydroxylation sites is 1. The van der Waals surface area contributed by atoms with Gasteiger partial charge in [0.15, 0.2) is 17.1 Å². The lowest BCUT2D eigenvalue weighted by Gasteiger charge is -2.10. The topological polar surface area (TPSA) is 73.6 Å². The summed E-state index contributed by atoms with van der Waals surface area (Å²) in [5, 5.41) is 7.70. The molecule has 6 heteroatoms. The van der Waals surface area contributed by atoms with Crippen molar-refractivity contribution in [1.29, 1.82) is 0 Å². The Morgan fingerprint density at radius 2 is 1.92 bits per heavy atom. The molecule has 2 aromatic carbocycles. The van der Waals surface area contributed by atoms with Crippen molar-refractivity contribution in [3.8, 4) is 11.5 Å². The molecule has 0 atom stereocenters. The lowest BCUT2D eigenvalue weighted by molar-refractivity contribution is -0.120. The Balaban J connectivity index is 1.63. The number of hydrogen-bond donors (Lipinski definition) is 1. The highest BCUT2D eigenvalue weighted by atomic mass is 16.5. The van der Waals surface area contributed by atoms with Gasteiger partial charge < -0.3 is 19.3 Å². The van der Waals surface area contributed by atoms with Crippen LogP contribution in [0.1, 0.15) is 11.3 Å². The zero-order valence-electron chi connectivity index (χ0n) is 13.5. The fourth-order valence-electron chi connectivity index (χ4n) is 2.47. The lowest BCUT2D eigenvalue weighted by atomic mass is 10.1. The molecular formula is C18H18N2O4. The summed E-state index contributed by atoms with van der Waals surface area (Å²) in [5.74, 6) is 1.16. The van der Waals surface area contributed by atoms with Crippen molar-refractivity contribution in [2.24, 2.45) is 0 Å². The van der Waals surface area contributed by atoms with Crippen LogP contribution in [0.4, 0.5) is 0 Å². The fourth-order valence-corrected chi connectivity index (χ4v) is 2.47. The molecule has 0 radical (unpaired) electrons. The highest BCUT2D eigenvalue weighted by Crippen LogP contribution is 2.27. The molecule has 1 N–H and O–H groups in total. The first kappa shape index (κ1) is 15.9. The fraction of sp³-hybridized carbons (Fsp3) is 0.222. The van der Waals surface area contributed by atoms with Gasteiger partial charge >= 0.3 is 0 Å². The highest BCUT2D eigenvalue weighted by molar-refractivity contribution is 5.86. The van der Waals surface area contributed by atoms with Crippen molar-refractivity contribution in [3.63, 3.8) is 0 Å². The van der Waals surface area contributed by atoms with Crippen LogP contribution >= 0.6 is 0 Å². The van der Waals surface area contributed by atoms with Crippen LogP contribution in [0.15, 0.2) is 47.0 Å². The van der Waals surface area contributed by atoms with Crippen LogP contribution < -0.4 is 14.8 Å². The summed E-state index contributed by atoms with van der Waals surface area (Å²) in [6.07, 6.45) is 0.171. The first-order valence-electron chi connectivity index (χ1n) is 7.52. The summed E-state index contributed by atoms with van der Waals surface area (Å²) in [6.45, 7) is 0.398.